The van der Waals surface area contributed by atoms with Crippen LogP contribution in [0.25, 0.3) is 0 Å². The molecule has 0 radical (unpaired) electrons. The summed E-state index contributed by atoms with van der Waals surface area (Å²) in [5, 5.41) is 17.3. The van der Waals surface area contributed by atoms with E-state index in [0.717, 1.165) is 0 Å². The van der Waals surface area contributed by atoms with Crippen LogP contribution in [-0.2, 0) is 4.79 Å². The zero-order valence-electron chi connectivity index (χ0n) is 6.78. The van der Waals surface area contributed by atoms with Crippen molar-refractivity contribution in [3.05, 3.63) is 0 Å². The second-order valence-electron chi connectivity index (χ2n) is 2.42. The van der Waals surface area contributed by atoms with Crippen molar-refractivity contribution in [3.63, 3.8) is 0 Å². The fourth-order valence-corrected chi connectivity index (χ4v) is 1.28. The molecule has 0 bridgehead atoms. The van der Waals surface area contributed by atoms with Gasteiger partial charge in [-0.3, -0.25) is 4.79 Å². The third-order valence-electron chi connectivity index (χ3n) is 1.32. The van der Waals surface area contributed by atoms with Crippen LogP contribution < -0.4 is 0 Å². The monoisotopic (exact) mass is 178 g/mol. The lowest BCUT2D eigenvalue weighted by molar-refractivity contribution is -0.116. The molecule has 2 unspecified atom stereocenters. The first-order valence-corrected chi connectivity index (χ1v) is 4.53. The standard InChI is InChI=1S/C7H14O3S/c1-5(9)6(2)11-4-7(10)3-8/h6-8,10H,3-4H2,1-2H3. The predicted molar refractivity (Wildman–Crippen MR) is 45.7 cm³/mol. The molecule has 2 atom stereocenters. The van der Waals surface area contributed by atoms with E-state index in [1.807, 2.05) is 0 Å². The van der Waals surface area contributed by atoms with Crippen LogP contribution in [0, 0.1) is 0 Å². The molecule has 0 aromatic carbocycles. The highest BCUT2D eigenvalue weighted by Crippen LogP contribution is 2.11. The lowest BCUT2D eigenvalue weighted by Gasteiger charge is -2.09. The third kappa shape index (κ3) is 5.24. The van der Waals surface area contributed by atoms with E-state index >= 15 is 0 Å². The number of thioether (sulfide) groups is 1. The molecule has 0 spiro atoms. The summed E-state index contributed by atoms with van der Waals surface area (Å²) in [4.78, 5) is 10.7. The summed E-state index contributed by atoms with van der Waals surface area (Å²) < 4.78 is 0. The number of carbonyl (C=O) groups is 1. The number of hydrogen-bond donors (Lipinski definition) is 2. The van der Waals surface area contributed by atoms with Gasteiger partial charge in [-0.25, -0.2) is 0 Å². The van der Waals surface area contributed by atoms with Gasteiger partial charge in [0.15, 0.2) is 0 Å². The Balaban J connectivity index is 3.45. The largest absolute Gasteiger partial charge is 0.394 e. The van der Waals surface area contributed by atoms with E-state index in [0.29, 0.717) is 5.75 Å². The molecule has 0 heterocycles. The third-order valence-corrected chi connectivity index (χ3v) is 2.73. The van der Waals surface area contributed by atoms with E-state index in [1.165, 1.54) is 18.7 Å². The molecule has 4 heteroatoms. The van der Waals surface area contributed by atoms with Crippen LogP contribution in [0.15, 0.2) is 0 Å². The molecule has 0 saturated heterocycles. The Morgan fingerprint density at radius 1 is 1.64 bits per heavy atom. The first-order chi connectivity index (χ1) is 5.07. The zero-order chi connectivity index (χ0) is 8.85. The van der Waals surface area contributed by atoms with Crippen molar-refractivity contribution in [3.8, 4) is 0 Å². The smallest absolute Gasteiger partial charge is 0.142 e. The summed E-state index contributed by atoms with van der Waals surface area (Å²) in [6.07, 6.45) is -0.707. The lowest BCUT2D eigenvalue weighted by Crippen LogP contribution is -2.18. The molecule has 11 heavy (non-hydrogen) atoms. The Bertz CT molecular complexity index is 127. The summed E-state index contributed by atoms with van der Waals surface area (Å²) in [7, 11) is 0. The maximum absolute atomic E-state index is 10.7. The number of hydrogen-bond acceptors (Lipinski definition) is 4. The molecule has 0 aliphatic rings. The van der Waals surface area contributed by atoms with E-state index in [4.69, 9.17) is 10.2 Å². The van der Waals surface area contributed by atoms with Gasteiger partial charge in [0.2, 0.25) is 0 Å². The SMILES string of the molecule is CC(=O)C(C)SCC(O)CO. The van der Waals surface area contributed by atoms with Gasteiger partial charge in [-0.05, 0) is 13.8 Å². The number of rotatable bonds is 5. The molecular formula is C7H14O3S. The molecule has 3 nitrogen and oxygen atoms in total. The Kier molecular flexibility index (Phi) is 5.54. The van der Waals surface area contributed by atoms with Gasteiger partial charge in [-0.1, -0.05) is 0 Å². The Hall–Kier alpha value is -0.0600. The van der Waals surface area contributed by atoms with Crippen molar-refractivity contribution in [1.82, 2.24) is 0 Å². The Morgan fingerprint density at radius 3 is 2.55 bits per heavy atom. The normalized spacial score (nSPS) is 16.0. The molecule has 2 N–H and O–H groups in total. The summed E-state index contributed by atoms with van der Waals surface area (Å²) >= 11 is 1.36. The molecule has 66 valence electrons. The van der Waals surface area contributed by atoms with Gasteiger partial charge in [-0.15, -0.1) is 11.8 Å². The molecule has 0 rings (SSSR count). The molecule has 0 amide bonds. The van der Waals surface area contributed by atoms with Crippen LogP contribution in [0.1, 0.15) is 13.8 Å². The van der Waals surface area contributed by atoms with Crippen LogP contribution in [0.4, 0.5) is 0 Å². The topological polar surface area (TPSA) is 57.5 Å². The van der Waals surface area contributed by atoms with Crippen molar-refractivity contribution in [2.24, 2.45) is 0 Å². The van der Waals surface area contributed by atoms with Gasteiger partial charge in [0.1, 0.15) is 5.78 Å². The Morgan fingerprint density at radius 2 is 2.18 bits per heavy atom. The van der Waals surface area contributed by atoms with Gasteiger partial charge >= 0.3 is 0 Å². The van der Waals surface area contributed by atoms with Gasteiger partial charge in [0.25, 0.3) is 0 Å². The quantitative estimate of drug-likeness (QED) is 0.624. The van der Waals surface area contributed by atoms with Crippen LogP contribution in [0.2, 0.25) is 0 Å². The van der Waals surface area contributed by atoms with Crippen LogP contribution in [0.5, 0.6) is 0 Å². The van der Waals surface area contributed by atoms with E-state index in [9.17, 15) is 4.79 Å². The van der Waals surface area contributed by atoms with E-state index in [-0.39, 0.29) is 17.6 Å². The average Bonchev–Trinajstić information content (AvgIpc) is 1.99. The van der Waals surface area contributed by atoms with Gasteiger partial charge in [-0.2, -0.15) is 0 Å². The average molecular weight is 178 g/mol. The molecule has 0 aliphatic heterocycles. The maximum Gasteiger partial charge on any atom is 0.142 e. The number of aliphatic hydroxyl groups is 2. The molecule has 0 aromatic heterocycles. The van der Waals surface area contributed by atoms with Crippen molar-refractivity contribution < 1.29 is 15.0 Å². The number of Topliss-reactive ketones (excluding diaryl/α,β-unsaturated/α-hetero) is 1. The highest BCUT2D eigenvalue weighted by molar-refractivity contribution is 8.00. The molecule has 0 aliphatic carbocycles. The van der Waals surface area contributed by atoms with Crippen LogP contribution in [0.3, 0.4) is 0 Å². The van der Waals surface area contributed by atoms with Crippen molar-refractivity contribution in [2.75, 3.05) is 12.4 Å². The summed E-state index contributed by atoms with van der Waals surface area (Å²) in [5.74, 6) is 0.511. The summed E-state index contributed by atoms with van der Waals surface area (Å²) in [5.41, 5.74) is 0. The van der Waals surface area contributed by atoms with Gasteiger partial charge < -0.3 is 10.2 Å². The highest BCUT2D eigenvalue weighted by Gasteiger charge is 2.10. The minimum absolute atomic E-state index is 0.0869. The highest BCUT2D eigenvalue weighted by atomic mass is 32.2. The fourth-order valence-electron chi connectivity index (χ4n) is 0.425. The summed E-state index contributed by atoms with van der Waals surface area (Å²) in [6, 6.07) is 0. The lowest BCUT2D eigenvalue weighted by atomic mass is 10.3. The number of carbonyl (C=O) groups excluding carboxylic acids is 1. The fraction of sp³-hybridized carbons (Fsp3) is 0.857. The van der Waals surface area contributed by atoms with Crippen LogP contribution in [-0.4, -0.2) is 39.7 Å². The second-order valence-corrected chi connectivity index (χ2v) is 3.80. The van der Waals surface area contributed by atoms with E-state index in [2.05, 4.69) is 0 Å². The predicted octanol–water partition coefficient (Wildman–Crippen LogP) is 0.0503. The first kappa shape index (κ1) is 10.9. The zero-order valence-corrected chi connectivity index (χ0v) is 7.60. The Labute approximate surface area is 70.8 Å². The molecular weight excluding hydrogens is 164 g/mol. The van der Waals surface area contributed by atoms with Crippen molar-refractivity contribution >= 4 is 17.5 Å². The van der Waals surface area contributed by atoms with Gasteiger partial charge in [0, 0.05) is 5.75 Å². The first-order valence-electron chi connectivity index (χ1n) is 3.49. The minimum atomic E-state index is -0.707. The van der Waals surface area contributed by atoms with E-state index in [1.54, 1.807) is 6.92 Å². The van der Waals surface area contributed by atoms with E-state index < -0.39 is 6.10 Å². The molecule has 0 fully saturated rings. The van der Waals surface area contributed by atoms with Crippen molar-refractivity contribution in [2.45, 2.75) is 25.2 Å². The maximum atomic E-state index is 10.7. The van der Waals surface area contributed by atoms with Crippen LogP contribution >= 0.6 is 11.8 Å². The summed E-state index contributed by atoms with van der Waals surface area (Å²) in [6.45, 7) is 3.07. The minimum Gasteiger partial charge on any atom is -0.394 e. The molecule has 0 aromatic rings. The second kappa shape index (κ2) is 5.57. The van der Waals surface area contributed by atoms with Gasteiger partial charge in [0.05, 0.1) is 18.0 Å². The molecule has 0 saturated carbocycles. The number of aliphatic hydroxyl groups excluding tert-OH is 2. The van der Waals surface area contributed by atoms with Crippen molar-refractivity contribution in [1.29, 1.82) is 0 Å². The number of ketones is 1.